The number of sulfonamides is 1. The van der Waals surface area contributed by atoms with Crippen LogP contribution in [0.25, 0.3) is 0 Å². The van der Waals surface area contributed by atoms with Crippen molar-refractivity contribution < 1.29 is 27.5 Å². The molecule has 0 atom stereocenters. The molecule has 7 nitrogen and oxygen atoms in total. The lowest BCUT2D eigenvalue weighted by molar-refractivity contribution is 0.0474. The first-order chi connectivity index (χ1) is 15.1. The van der Waals surface area contributed by atoms with Crippen LogP contribution in [0, 0.1) is 27.7 Å². The van der Waals surface area contributed by atoms with Gasteiger partial charge < -0.3 is 9.47 Å². The summed E-state index contributed by atoms with van der Waals surface area (Å²) >= 11 is 0. The van der Waals surface area contributed by atoms with E-state index in [1.807, 2.05) is 33.8 Å². The highest BCUT2D eigenvalue weighted by Crippen LogP contribution is 2.30. The maximum Gasteiger partial charge on any atom is 0.338 e. The number of benzene rings is 2. The number of methoxy groups -OCH3 is 1. The van der Waals surface area contributed by atoms with Crippen LogP contribution in [0.5, 0.6) is 5.75 Å². The van der Waals surface area contributed by atoms with E-state index in [1.165, 1.54) is 29.6 Å². The number of carbonyl (C=O) groups excluding carboxylic acids is 2. The Morgan fingerprint density at radius 2 is 1.56 bits per heavy atom. The number of aryl methyl sites for hydroxylation is 2. The second-order valence-electron chi connectivity index (χ2n) is 8.11. The number of ether oxygens (including phenoxy) is 2. The van der Waals surface area contributed by atoms with Gasteiger partial charge in [-0.25, -0.2) is 13.2 Å². The fourth-order valence-electron chi connectivity index (χ4n) is 3.99. The molecule has 0 unspecified atom stereocenters. The molecule has 0 amide bonds. The van der Waals surface area contributed by atoms with E-state index in [-0.39, 0.29) is 22.0 Å². The van der Waals surface area contributed by atoms with Crippen molar-refractivity contribution in [3.8, 4) is 5.75 Å². The molecule has 0 bridgehead atoms. The van der Waals surface area contributed by atoms with Crippen molar-refractivity contribution in [3.63, 3.8) is 0 Å². The predicted molar refractivity (Wildman–Crippen MR) is 121 cm³/mol. The van der Waals surface area contributed by atoms with E-state index < -0.39 is 22.6 Å². The summed E-state index contributed by atoms with van der Waals surface area (Å²) in [5.41, 5.74) is 4.31. The summed E-state index contributed by atoms with van der Waals surface area (Å²) in [6.07, 6.45) is 1.59. The van der Waals surface area contributed by atoms with E-state index in [0.29, 0.717) is 18.7 Å². The number of hydrogen-bond acceptors (Lipinski definition) is 6. The molecule has 2 aromatic carbocycles. The van der Waals surface area contributed by atoms with Gasteiger partial charge in [0.2, 0.25) is 15.8 Å². The zero-order valence-electron chi connectivity index (χ0n) is 19.1. The number of ketones is 1. The molecule has 0 N–H and O–H groups in total. The number of carbonyl (C=O) groups is 2. The van der Waals surface area contributed by atoms with Crippen LogP contribution in [-0.2, 0) is 14.8 Å². The molecule has 1 aliphatic heterocycles. The molecule has 1 saturated heterocycles. The zero-order chi connectivity index (χ0) is 23.6. The topological polar surface area (TPSA) is 90.0 Å². The van der Waals surface area contributed by atoms with Crippen LogP contribution in [-0.4, -0.2) is 51.3 Å². The van der Waals surface area contributed by atoms with Crippen molar-refractivity contribution in [1.82, 2.24) is 4.31 Å². The molecule has 0 spiro atoms. The first kappa shape index (κ1) is 23.9. The molecule has 3 rings (SSSR count). The minimum absolute atomic E-state index is 0.0465. The fourth-order valence-corrected chi connectivity index (χ4v) is 5.69. The first-order valence-corrected chi connectivity index (χ1v) is 12.0. The minimum Gasteiger partial charge on any atom is -0.495 e. The van der Waals surface area contributed by atoms with Crippen molar-refractivity contribution >= 4 is 21.8 Å². The summed E-state index contributed by atoms with van der Waals surface area (Å²) in [6.45, 7) is 8.05. The number of hydrogen-bond donors (Lipinski definition) is 0. The van der Waals surface area contributed by atoms with Gasteiger partial charge in [-0.15, -0.1) is 0 Å². The van der Waals surface area contributed by atoms with Crippen LogP contribution in [0.4, 0.5) is 0 Å². The highest BCUT2D eigenvalue weighted by atomic mass is 32.2. The van der Waals surface area contributed by atoms with Crippen LogP contribution >= 0.6 is 0 Å². The van der Waals surface area contributed by atoms with Gasteiger partial charge in [-0.3, -0.25) is 4.79 Å². The number of Topliss-reactive ketones (excluding diaryl/α,β-unsaturated/α-hetero) is 1. The van der Waals surface area contributed by atoms with E-state index in [1.54, 1.807) is 0 Å². The van der Waals surface area contributed by atoms with Crippen molar-refractivity contribution in [2.45, 2.75) is 45.4 Å². The van der Waals surface area contributed by atoms with Gasteiger partial charge in [0.1, 0.15) is 10.6 Å². The molecular formula is C24H29NO6S. The summed E-state index contributed by atoms with van der Waals surface area (Å²) in [5.74, 6) is -0.900. The smallest absolute Gasteiger partial charge is 0.338 e. The molecule has 1 fully saturated rings. The van der Waals surface area contributed by atoms with Crippen LogP contribution in [0.2, 0.25) is 0 Å². The second-order valence-corrected chi connectivity index (χ2v) is 10.0. The maximum atomic E-state index is 13.0. The van der Waals surface area contributed by atoms with Gasteiger partial charge in [0, 0.05) is 18.7 Å². The van der Waals surface area contributed by atoms with E-state index in [4.69, 9.17) is 9.47 Å². The molecule has 0 aliphatic carbocycles. The Morgan fingerprint density at radius 1 is 0.969 bits per heavy atom. The third kappa shape index (κ3) is 4.56. The SMILES string of the molecule is COc1ccc(C(=O)OCC(=O)c2c(C)c(C)cc(C)c2C)cc1S(=O)(=O)N1CCCC1. The first-order valence-electron chi connectivity index (χ1n) is 10.5. The molecule has 0 radical (unpaired) electrons. The highest BCUT2D eigenvalue weighted by Gasteiger charge is 2.31. The summed E-state index contributed by atoms with van der Waals surface area (Å²) in [6, 6.07) is 6.14. The largest absolute Gasteiger partial charge is 0.495 e. The van der Waals surface area contributed by atoms with Crippen LogP contribution < -0.4 is 4.74 Å². The van der Waals surface area contributed by atoms with Gasteiger partial charge in [-0.2, -0.15) is 4.31 Å². The van der Waals surface area contributed by atoms with Gasteiger partial charge in [-0.1, -0.05) is 6.07 Å². The average molecular weight is 460 g/mol. The Hall–Kier alpha value is -2.71. The average Bonchev–Trinajstić information content (AvgIpc) is 3.31. The molecule has 1 aliphatic rings. The lowest BCUT2D eigenvalue weighted by Gasteiger charge is -2.18. The van der Waals surface area contributed by atoms with Gasteiger partial charge in [-0.05, 0) is 81.0 Å². The number of esters is 1. The highest BCUT2D eigenvalue weighted by molar-refractivity contribution is 7.89. The van der Waals surface area contributed by atoms with E-state index >= 15 is 0 Å². The van der Waals surface area contributed by atoms with Crippen molar-refractivity contribution in [2.75, 3.05) is 26.8 Å². The zero-order valence-corrected chi connectivity index (χ0v) is 20.0. The van der Waals surface area contributed by atoms with Crippen molar-refractivity contribution in [1.29, 1.82) is 0 Å². The van der Waals surface area contributed by atoms with Crippen LogP contribution in [0.1, 0.15) is 55.8 Å². The normalized spacial score (nSPS) is 14.4. The van der Waals surface area contributed by atoms with Gasteiger partial charge in [0.25, 0.3) is 0 Å². The fraction of sp³-hybridized carbons (Fsp3) is 0.417. The Balaban J connectivity index is 1.83. The Kier molecular flexibility index (Phi) is 7.05. The van der Waals surface area contributed by atoms with Gasteiger partial charge >= 0.3 is 5.97 Å². The molecule has 1 heterocycles. The third-order valence-corrected chi connectivity index (χ3v) is 7.98. The lowest BCUT2D eigenvalue weighted by atomic mass is 9.92. The Bertz CT molecular complexity index is 1140. The Morgan fingerprint density at radius 3 is 2.12 bits per heavy atom. The van der Waals surface area contributed by atoms with Crippen LogP contribution in [0.3, 0.4) is 0 Å². The standard InChI is InChI=1S/C24H29NO6S/c1-15-12-16(2)18(4)23(17(15)3)20(26)14-31-24(27)19-8-9-21(30-5)22(13-19)32(28,29)25-10-6-7-11-25/h8-9,12-13H,6-7,10-11,14H2,1-5H3. The molecule has 172 valence electrons. The van der Waals surface area contributed by atoms with Gasteiger partial charge in [0.05, 0.1) is 12.7 Å². The quantitative estimate of drug-likeness (QED) is 0.463. The van der Waals surface area contributed by atoms with Gasteiger partial charge in [0.15, 0.2) is 6.61 Å². The van der Waals surface area contributed by atoms with E-state index in [9.17, 15) is 18.0 Å². The predicted octanol–water partition coefficient (Wildman–Crippen LogP) is 3.75. The molecule has 0 saturated carbocycles. The lowest BCUT2D eigenvalue weighted by Crippen LogP contribution is -2.28. The maximum absolute atomic E-state index is 13.0. The third-order valence-electron chi connectivity index (χ3n) is 6.06. The van der Waals surface area contributed by atoms with E-state index in [0.717, 1.165) is 35.1 Å². The molecular weight excluding hydrogens is 430 g/mol. The molecule has 2 aromatic rings. The molecule has 0 aromatic heterocycles. The number of rotatable bonds is 7. The monoisotopic (exact) mass is 459 g/mol. The summed E-state index contributed by atoms with van der Waals surface area (Å²) in [5, 5.41) is 0. The van der Waals surface area contributed by atoms with Crippen molar-refractivity contribution in [2.24, 2.45) is 0 Å². The summed E-state index contributed by atoms with van der Waals surface area (Å²) in [7, 11) is -2.42. The Labute approximate surface area is 189 Å². The van der Waals surface area contributed by atoms with Crippen molar-refractivity contribution in [3.05, 3.63) is 57.6 Å². The summed E-state index contributed by atoms with van der Waals surface area (Å²) in [4.78, 5) is 25.4. The molecule has 32 heavy (non-hydrogen) atoms. The molecule has 8 heteroatoms. The summed E-state index contributed by atoms with van der Waals surface area (Å²) < 4.78 is 37.9. The second kappa shape index (κ2) is 9.42. The number of nitrogens with zero attached hydrogens (tertiary/aromatic N) is 1. The van der Waals surface area contributed by atoms with Crippen LogP contribution in [0.15, 0.2) is 29.2 Å². The minimum atomic E-state index is -3.80. The van der Waals surface area contributed by atoms with E-state index in [2.05, 4.69) is 0 Å².